The highest BCUT2D eigenvalue weighted by Crippen LogP contribution is 2.45. The van der Waals surface area contributed by atoms with Crippen molar-refractivity contribution >= 4 is 17.8 Å². The summed E-state index contributed by atoms with van der Waals surface area (Å²) in [5.74, 6) is -3.05. The van der Waals surface area contributed by atoms with Crippen LogP contribution in [0.15, 0.2) is 30.3 Å². The van der Waals surface area contributed by atoms with Gasteiger partial charge in [0.15, 0.2) is 5.41 Å². The van der Waals surface area contributed by atoms with Crippen molar-refractivity contribution in [2.75, 3.05) is 26.2 Å². The minimum atomic E-state index is -4.96. The molecular weight excluding hydrogens is 365 g/mol. The Balaban J connectivity index is 2.01. The van der Waals surface area contributed by atoms with E-state index in [4.69, 9.17) is 5.11 Å². The van der Waals surface area contributed by atoms with Crippen molar-refractivity contribution in [3.05, 3.63) is 35.9 Å². The van der Waals surface area contributed by atoms with Crippen LogP contribution in [0.1, 0.15) is 18.9 Å². The zero-order valence-electron chi connectivity index (χ0n) is 14.8. The quantitative estimate of drug-likeness (QED) is 0.811. The average molecular weight is 386 g/mol. The summed E-state index contributed by atoms with van der Waals surface area (Å²) in [6.07, 6.45) is -5.15. The number of carbonyl (C=O) groups is 3. The second kappa shape index (κ2) is 7.98. The van der Waals surface area contributed by atoms with Crippen LogP contribution >= 0.6 is 0 Å². The molecule has 148 valence electrons. The number of carboxylic acids is 1. The van der Waals surface area contributed by atoms with Crippen molar-refractivity contribution in [2.24, 2.45) is 5.41 Å². The lowest BCUT2D eigenvalue weighted by molar-refractivity contribution is -0.227. The van der Waals surface area contributed by atoms with Crippen LogP contribution in [0, 0.1) is 5.41 Å². The number of aliphatic carboxylic acids is 1. The Hall–Kier alpha value is -2.58. The number of nitrogens with zero attached hydrogens (tertiary/aromatic N) is 2. The van der Waals surface area contributed by atoms with Gasteiger partial charge in [0.1, 0.15) is 0 Å². The van der Waals surface area contributed by atoms with E-state index in [1.807, 2.05) is 30.3 Å². The number of hydrogen-bond donors (Lipinski definition) is 1. The number of likely N-dealkylation sites (tertiary alicyclic amines) is 1. The van der Waals surface area contributed by atoms with E-state index >= 15 is 0 Å². The summed E-state index contributed by atoms with van der Waals surface area (Å²) in [4.78, 5) is 37.5. The Kier molecular flexibility index (Phi) is 6.12. The molecule has 0 aliphatic carbocycles. The van der Waals surface area contributed by atoms with Gasteiger partial charge in [-0.15, -0.1) is 0 Å². The Labute approximate surface area is 154 Å². The summed E-state index contributed by atoms with van der Waals surface area (Å²) in [6.45, 7) is -0.109. The van der Waals surface area contributed by atoms with Crippen LogP contribution in [0.25, 0.3) is 0 Å². The predicted molar refractivity (Wildman–Crippen MR) is 89.7 cm³/mol. The number of amides is 2. The fourth-order valence-electron chi connectivity index (χ4n) is 3.07. The van der Waals surface area contributed by atoms with Crippen LogP contribution in [0.5, 0.6) is 0 Å². The fourth-order valence-corrected chi connectivity index (χ4v) is 3.07. The SMILES string of the molecule is CC(=O)N(CCc1ccccc1)CC(=O)N1CCC(C(=O)O)(C(F)(F)F)C1. The highest BCUT2D eigenvalue weighted by Gasteiger charge is 2.64. The smallest absolute Gasteiger partial charge is 0.406 e. The first-order valence-electron chi connectivity index (χ1n) is 8.44. The standard InChI is InChI=1S/C18H21F3N2O4/c1-13(24)22(9-7-14-5-3-2-4-6-14)11-15(25)23-10-8-17(12-23,16(26)27)18(19,20)21/h2-6H,7-12H2,1H3,(H,26,27). The molecule has 1 unspecified atom stereocenters. The molecule has 1 atom stereocenters. The normalized spacial score (nSPS) is 19.8. The molecule has 1 N–H and O–H groups in total. The Morgan fingerprint density at radius 3 is 2.33 bits per heavy atom. The van der Waals surface area contributed by atoms with E-state index in [9.17, 15) is 27.6 Å². The van der Waals surface area contributed by atoms with Gasteiger partial charge in [0.05, 0.1) is 6.54 Å². The third-order valence-corrected chi connectivity index (χ3v) is 4.86. The molecule has 1 aliphatic heterocycles. The van der Waals surface area contributed by atoms with Gasteiger partial charge in [-0.05, 0) is 18.4 Å². The van der Waals surface area contributed by atoms with E-state index in [0.29, 0.717) is 6.42 Å². The second-order valence-corrected chi connectivity index (χ2v) is 6.63. The lowest BCUT2D eigenvalue weighted by Crippen LogP contribution is -2.49. The molecule has 9 heteroatoms. The zero-order valence-corrected chi connectivity index (χ0v) is 14.8. The lowest BCUT2D eigenvalue weighted by Gasteiger charge is -2.28. The first-order valence-corrected chi connectivity index (χ1v) is 8.44. The number of benzene rings is 1. The van der Waals surface area contributed by atoms with E-state index in [0.717, 1.165) is 10.5 Å². The minimum Gasteiger partial charge on any atom is -0.481 e. The van der Waals surface area contributed by atoms with Crippen molar-refractivity contribution in [3.63, 3.8) is 0 Å². The molecule has 1 aromatic carbocycles. The van der Waals surface area contributed by atoms with E-state index < -0.39 is 36.4 Å². The van der Waals surface area contributed by atoms with Gasteiger partial charge in [-0.2, -0.15) is 13.2 Å². The monoisotopic (exact) mass is 386 g/mol. The van der Waals surface area contributed by atoms with Gasteiger partial charge in [-0.1, -0.05) is 30.3 Å². The maximum absolute atomic E-state index is 13.2. The van der Waals surface area contributed by atoms with Crippen LogP contribution in [0.4, 0.5) is 13.2 Å². The van der Waals surface area contributed by atoms with Gasteiger partial charge in [-0.3, -0.25) is 14.4 Å². The maximum atomic E-state index is 13.2. The number of halogens is 3. The molecule has 1 aliphatic rings. The molecule has 1 fully saturated rings. The van der Waals surface area contributed by atoms with Crippen LogP contribution in [0.2, 0.25) is 0 Å². The largest absolute Gasteiger partial charge is 0.481 e. The summed E-state index contributed by atoms with van der Waals surface area (Å²) in [5, 5.41) is 9.06. The van der Waals surface area contributed by atoms with Crippen LogP contribution in [-0.4, -0.2) is 65.0 Å². The van der Waals surface area contributed by atoms with E-state index in [-0.39, 0.29) is 25.5 Å². The highest BCUT2D eigenvalue weighted by molar-refractivity contribution is 5.85. The summed E-state index contributed by atoms with van der Waals surface area (Å²) < 4.78 is 39.7. The van der Waals surface area contributed by atoms with E-state index in [1.165, 1.54) is 11.8 Å². The summed E-state index contributed by atoms with van der Waals surface area (Å²) in [5.41, 5.74) is -1.99. The maximum Gasteiger partial charge on any atom is 0.406 e. The van der Waals surface area contributed by atoms with E-state index in [1.54, 1.807) is 0 Å². The van der Waals surface area contributed by atoms with Gasteiger partial charge in [-0.25, -0.2) is 0 Å². The number of hydrogen-bond acceptors (Lipinski definition) is 3. The number of rotatable bonds is 6. The van der Waals surface area contributed by atoms with Crippen LogP contribution in [-0.2, 0) is 20.8 Å². The highest BCUT2D eigenvalue weighted by atomic mass is 19.4. The molecule has 0 radical (unpaired) electrons. The topological polar surface area (TPSA) is 77.9 Å². The Bertz CT molecular complexity index is 708. The molecule has 2 amide bonds. The lowest BCUT2D eigenvalue weighted by atomic mass is 9.86. The van der Waals surface area contributed by atoms with Gasteiger partial charge < -0.3 is 14.9 Å². The fraction of sp³-hybridized carbons (Fsp3) is 0.500. The third-order valence-electron chi connectivity index (χ3n) is 4.86. The number of carbonyl (C=O) groups excluding carboxylic acids is 2. The summed E-state index contributed by atoms with van der Waals surface area (Å²) >= 11 is 0. The van der Waals surface area contributed by atoms with Crippen molar-refractivity contribution in [3.8, 4) is 0 Å². The van der Waals surface area contributed by atoms with Crippen LogP contribution in [0.3, 0.4) is 0 Å². The van der Waals surface area contributed by atoms with Gasteiger partial charge in [0.2, 0.25) is 11.8 Å². The van der Waals surface area contributed by atoms with Gasteiger partial charge >= 0.3 is 12.1 Å². The van der Waals surface area contributed by atoms with Crippen LogP contribution < -0.4 is 0 Å². The average Bonchev–Trinajstić information content (AvgIpc) is 3.06. The molecule has 0 aromatic heterocycles. The molecule has 0 saturated carbocycles. The van der Waals surface area contributed by atoms with Crippen molar-refractivity contribution in [2.45, 2.75) is 25.9 Å². The molecule has 2 rings (SSSR count). The molecule has 0 bridgehead atoms. The first-order chi connectivity index (χ1) is 12.6. The Morgan fingerprint density at radius 2 is 1.85 bits per heavy atom. The Morgan fingerprint density at radius 1 is 1.22 bits per heavy atom. The zero-order chi connectivity index (χ0) is 20.2. The van der Waals surface area contributed by atoms with Crippen molar-refractivity contribution in [1.82, 2.24) is 9.80 Å². The molecule has 1 saturated heterocycles. The van der Waals surface area contributed by atoms with Gasteiger partial charge in [0, 0.05) is 26.6 Å². The van der Waals surface area contributed by atoms with E-state index in [2.05, 4.69) is 0 Å². The molecule has 1 aromatic rings. The number of alkyl halides is 3. The predicted octanol–water partition coefficient (Wildman–Crippen LogP) is 1.94. The minimum absolute atomic E-state index is 0.238. The molecule has 1 heterocycles. The van der Waals surface area contributed by atoms with Gasteiger partial charge in [0.25, 0.3) is 0 Å². The second-order valence-electron chi connectivity index (χ2n) is 6.63. The molecule has 0 spiro atoms. The van der Waals surface area contributed by atoms with Crippen molar-refractivity contribution in [1.29, 1.82) is 0 Å². The molecule has 6 nitrogen and oxygen atoms in total. The third kappa shape index (κ3) is 4.58. The number of carboxylic acid groups (broad SMARTS) is 1. The van der Waals surface area contributed by atoms with Crippen molar-refractivity contribution < 1.29 is 32.7 Å². The summed E-state index contributed by atoms with van der Waals surface area (Å²) in [7, 11) is 0. The summed E-state index contributed by atoms with van der Waals surface area (Å²) in [6, 6.07) is 9.26. The molecule has 27 heavy (non-hydrogen) atoms. The molecular formula is C18H21F3N2O4. The first kappa shape index (κ1) is 20.7.